The number of aliphatic hydroxyl groups is 1. The van der Waals surface area contributed by atoms with E-state index in [1.807, 2.05) is 54.6 Å². The third-order valence-electron chi connectivity index (χ3n) is 5.29. The second kappa shape index (κ2) is 8.12. The average Bonchev–Trinajstić information content (AvgIpc) is 3.56. The van der Waals surface area contributed by atoms with Gasteiger partial charge in [0, 0.05) is 18.2 Å². The van der Waals surface area contributed by atoms with Crippen LogP contribution in [0.1, 0.15) is 30.1 Å². The van der Waals surface area contributed by atoms with Crippen molar-refractivity contribution in [3.63, 3.8) is 0 Å². The Morgan fingerprint density at radius 2 is 1.82 bits per heavy atom. The zero-order valence-electron chi connectivity index (χ0n) is 15.6. The van der Waals surface area contributed by atoms with Crippen molar-refractivity contribution in [2.45, 2.75) is 31.5 Å². The Morgan fingerprint density at radius 3 is 2.46 bits per heavy atom. The summed E-state index contributed by atoms with van der Waals surface area (Å²) in [6, 6.07) is 16.7. The molecule has 2 N–H and O–H groups in total. The van der Waals surface area contributed by atoms with E-state index in [-0.39, 0.29) is 30.9 Å². The third kappa shape index (κ3) is 4.08. The van der Waals surface area contributed by atoms with Crippen LogP contribution in [0.5, 0.6) is 0 Å². The van der Waals surface area contributed by atoms with Crippen LogP contribution < -0.4 is 5.32 Å². The number of nitrogens with zero attached hydrogens (tertiary/aromatic N) is 1. The molecule has 2 aromatic rings. The van der Waals surface area contributed by atoms with Gasteiger partial charge in [0.15, 0.2) is 0 Å². The molecule has 1 aliphatic heterocycles. The molecule has 146 valence electrons. The lowest BCUT2D eigenvalue weighted by atomic mass is 9.98. The second-order valence-electron chi connectivity index (χ2n) is 7.37. The van der Waals surface area contributed by atoms with Crippen LogP contribution >= 0.6 is 0 Å². The first-order valence-corrected chi connectivity index (χ1v) is 9.62. The number of aliphatic hydroxyl groups excluding tert-OH is 1. The van der Waals surface area contributed by atoms with Crippen LogP contribution in [-0.2, 0) is 20.9 Å². The molecule has 6 heteroatoms. The number of anilines is 1. The standard InChI is InChI=1S/C22H24N2O4/c25-13-19-21(16-8-10-18(11-9-16)23-22(27)17-6-7-17)28-14-20(26)24(19)12-15-4-2-1-3-5-15/h1-5,8-11,17,19,21,25H,6-7,12-14H2,(H,23,27). The molecule has 1 heterocycles. The molecule has 2 aliphatic rings. The first kappa shape index (κ1) is 18.7. The van der Waals surface area contributed by atoms with Crippen molar-refractivity contribution in [3.05, 3.63) is 65.7 Å². The molecule has 1 saturated heterocycles. The number of benzene rings is 2. The summed E-state index contributed by atoms with van der Waals surface area (Å²) in [5.41, 5.74) is 2.62. The fourth-order valence-electron chi connectivity index (χ4n) is 3.55. The van der Waals surface area contributed by atoms with E-state index < -0.39 is 12.1 Å². The summed E-state index contributed by atoms with van der Waals surface area (Å²) >= 11 is 0. The lowest BCUT2D eigenvalue weighted by molar-refractivity contribution is -0.162. The monoisotopic (exact) mass is 380 g/mol. The van der Waals surface area contributed by atoms with E-state index in [2.05, 4.69) is 5.32 Å². The smallest absolute Gasteiger partial charge is 0.249 e. The Labute approximate surface area is 164 Å². The molecule has 4 rings (SSSR count). The van der Waals surface area contributed by atoms with Gasteiger partial charge < -0.3 is 20.1 Å². The van der Waals surface area contributed by atoms with Gasteiger partial charge in [0.2, 0.25) is 11.8 Å². The summed E-state index contributed by atoms with van der Waals surface area (Å²) in [7, 11) is 0. The molecule has 1 aliphatic carbocycles. The highest BCUT2D eigenvalue weighted by Gasteiger charge is 2.37. The maximum atomic E-state index is 12.4. The van der Waals surface area contributed by atoms with E-state index in [1.165, 1.54) is 0 Å². The molecule has 2 amide bonds. The summed E-state index contributed by atoms with van der Waals surface area (Å²) in [5.74, 6) is 0.0830. The molecular formula is C22H24N2O4. The summed E-state index contributed by atoms with van der Waals surface area (Å²) in [4.78, 5) is 26.0. The number of hydrogen-bond donors (Lipinski definition) is 2. The molecule has 28 heavy (non-hydrogen) atoms. The Morgan fingerprint density at radius 1 is 1.11 bits per heavy atom. The molecule has 0 bridgehead atoms. The predicted molar refractivity (Wildman–Crippen MR) is 104 cm³/mol. The number of carbonyl (C=O) groups is 2. The van der Waals surface area contributed by atoms with Crippen LogP contribution in [0.25, 0.3) is 0 Å². The van der Waals surface area contributed by atoms with Crippen molar-refractivity contribution in [2.75, 3.05) is 18.5 Å². The van der Waals surface area contributed by atoms with E-state index in [4.69, 9.17) is 4.74 Å². The summed E-state index contributed by atoms with van der Waals surface area (Å²) in [5, 5.41) is 12.9. The van der Waals surface area contributed by atoms with Gasteiger partial charge in [0.25, 0.3) is 0 Å². The highest BCUT2D eigenvalue weighted by molar-refractivity contribution is 5.94. The minimum absolute atomic E-state index is 0.0197. The fraction of sp³-hybridized carbons (Fsp3) is 0.364. The number of hydrogen-bond acceptors (Lipinski definition) is 4. The summed E-state index contributed by atoms with van der Waals surface area (Å²) in [6.07, 6.45) is 1.51. The minimum Gasteiger partial charge on any atom is -0.394 e. The molecule has 2 fully saturated rings. The highest BCUT2D eigenvalue weighted by atomic mass is 16.5. The van der Waals surface area contributed by atoms with Crippen molar-refractivity contribution in [3.8, 4) is 0 Å². The number of carbonyl (C=O) groups excluding carboxylic acids is 2. The minimum atomic E-state index is -0.464. The molecule has 0 radical (unpaired) electrons. The summed E-state index contributed by atoms with van der Waals surface area (Å²) in [6.45, 7) is 0.220. The zero-order chi connectivity index (χ0) is 19.5. The second-order valence-corrected chi connectivity index (χ2v) is 7.37. The van der Waals surface area contributed by atoms with Crippen LogP contribution in [0.2, 0.25) is 0 Å². The van der Waals surface area contributed by atoms with Gasteiger partial charge in [-0.3, -0.25) is 9.59 Å². The lowest BCUT2D eigenvalue weighted by Crippen LogP contribution is -2.52. The van der Waals surface area contributed by atoms with Gasteiger partial charge in [-0.05, 0) is 36.1 Å². The molecule has 2 atom stereocenters. The lowest BCUT2D eigenvalue weighted by Gasteiger charge is -2.40. The SMILES string of the molecule is O=C(Nc1ccc(C2OCC(=O)N(Cc3ccccc3)C2CO)cc1)C1CC1. The fourth-order valence-corrected chi connectivity index (χ4v) is 3.55. The van der Waals surface area contributed by atoms with Gasteiger partial charge in [-0.2, -0.15) is 0 Å². The van der Waals surface area contributed by atoms with Gasteiger partial charge in [0.1, 0.15) is 12.7 Å². The van der Waals surface area contributed by atoms with Crippen LogP contribution in [0, 0.1) is 5.92 Å². The third-order valence-corrected chi connectivity index (χ3v) is 5.29. The van der Waals surface area contributed by atoms with Gasteiger partial charge in [-0.25, -0.2) is 0 Å². The van der Waals surface area contributed by atoms with Crippen molar-refractivity contribution in [1.29, 1.82) is 0 Å². The van der Waals surface area contributed by atoms with Gasteiger partial charge in [-0.15, -0.1) is 0 Å². The molecule has 0 spiro atoms. The molecular weight excluding hydrogens is 356 g/mol. The molecule has 6 nitrogen and oxygen atoms in total. The molecule has 1 saturated carbocycles. The number of rotatable bonds is 6. The van der Waals surface area contributed by atoms with Crippen LogP contribution in [0.4, 0.5) is 5.69 Å². The van der Waals surface area contributed by atoms with Gasteiger partial charge >= 0.3 is 0 Å². The maximum Gasteiger partial charge on any atom is 0.249 e. The number of morpholine rings is 1. The van der Waals surface area contributed by atoms with Crippen molar-refractivity contribution < 1.29 is 19.4 Å². The zero-order valence-corrected chi connectivity index (χ0v) is 15.6. The predicted octanol–water partition coefficient (Wildman–Crippen LogP) is 2.50. The van der Waals surface area contributed by atoms with Crippen LogP contribution in [0.3, 0.4) is 0 Å². The van der Waals surface area contributed by atoms with Crippen LogP contribution in [0.15, 0.2) is 54.6 Å². The number of amides is 2. The van der Waals surface area contributed by atoms with Crippen molar-refractivity contribution in [1.82, 2.24) is 4.90 Å². The number of nitrogens with one attached hydrogen (secondary N) is 1. The number of ether oxygens (including phenoxy) is 1. The quantitative estimate of drug-likeness (QED) is 0.807. The normalized spacial score (nSPS) is 22.2. The Hall–Kier alpha value is -2.70. The van der Waals surface area contributed by atoms with Crippen LogP contribution in [-0.4, -0.2) is 41.1 Å². The highest BCUT2D eigenvalue weighted by Crippen LogP contribution is 2.32. The molecule has 2 unspecified atom stereocenters. The Bertz CT molecular complexity index is 833. The van der Waals surface area contributed by atoms with E-state index >= 15 is 0 Å². The Kier molecular flexibility index (Phi) is 5.41. The van der Waals surface area contributed by atoms with Crippen molar-refractivity contribution in [2.24, 2.45) is 5.92 Å². The largest absolute Gasteiger partial charge is 0.394 e. The maximum absolute atomic E-state index is 12.4. The van der Waals surface area contributed by atoms with E-state index in [1.54, 1.807) is 4.90 Å². The molecule has 0 aromatic heterocycles. The first-order valence-electron chi connectivity index (χ1n) is 9.62. The average molecular weight is 380 g/mol. The van der Waals surface area contributed by atoms with E-state index in [0.29, 0.717) is 6.54 Å². The molecule has 2 aromatic carbocycles. The van der Waals surface area contributed by atoms with Crippen molar-refractivity contribution >= 4 is 17.5 Å². The van der Waals surface area contributed by atoms with Gasteiger partial charge in [0.05, 0.1) is 12.6 Å². The van der Waals surface area contributed by atoms with Gasteiger partial charge in [-0.1, -0.05) is 42.5 Å². The Balaban J connectivity index is 1.49. The first-order chi connectivity index (χ1) is 13.7. The summed E-state index contributed by atoms with van der Waals surface area (Å²) < 4.78 is 5.78. The van der Waals surface area contributed by atoms with E-state index in [0.717, 1.165) is 29.7 Å². The van der Waals surface area contributed by atoms with E-state index in [9.17, 15) is 14.7 Å². The topological polar surface area (TPSA) is 78.9 Å².